The highest BCUT2D eigenvalue weighted by Gasteiger charge is 2.38. The SMILES string of the molecule is Cc1cc(NC(=O)c2c(C)nc3c(-c4ccccc4)c(C(F)(F)F)[nH]n3c2=O)n[nH]1. The van der Waals surface area contributed by atoms with E-state index in [1.54, 1.807) is 31.2 Å². The number of halogens is 3. The number of alkyl halides is 3. The molecule has 0 bridgehead atoms. The van der Waals surface area contributed by atoms with Gasteiger partial charge in [0.25, 0.3) is 11.5 Å². The van der Waals surface area contributed by atoms with Gasteiger partial charge in [0.2, 0.25) is 0 Å². The lowest BCUT2D eigenvalue weighted by Crippen LogP contribution is -2.29. The Hall–Kier alpha value is -3.89. The lowest BCUT2D eigenvalue weighted by atomic mass is 10.1. The van der Waals surface area contributed by atoms with Crippen molar-refractivity contribution in [2.45, 2.75) is 20.0 Å². The van der Waals surface area contributed by atoms with E-state index in [1.807, 2.05) is 0 Å². The van der Waals surface area contributed by atoms with Crippen molar-refractivity contribution in [2.24, 2.45) is 0 Å². The smallest absolute Gasteiger partial charge is 0.305 e. The molecular formula is C19H15F3N6O2. The Balaban J connectivity index is 1.93. The third kappa shape index (κ3) is 3.23. The van der Waals surface area contributed by atoms with Crippen LogP contribution in [0.4, 0.5) is 19.0 Å². The number of aromatic amines is 2. The number of hydrogen-bond donors (Lipinski definition) is 3. The van der Waals surface area contributed by atoms with Crippen molar-refractivity contribution in [1.29, 1.82) is 0 Å². The maximum atomic E-state index is 13.7. The Bertz CT molecular complexity index is 1320. The van der Waals surface area contributed by atoms with Gasteiger partial charge in [-0.05, 0) is 19.4 Å². The molecule has 4 aromatic rings. The molecule has 0 aliphatic heterocycles. The number of fused-ring (bicyclic) bond motifs is 1. The second-order valence-corrected chi connectivity index (χ2v) is 6.65. The fourth-order valence-electron chi connectivity index (χ4n) is 3.18. The summed E-state index contributed by atoms with van der Waals surface area (Å²) >= 11 is 0. The summed E-state index contributed by atoms with van der Waals surface area (Å²) in [4.78, 5) is 29.7. The molecule has 0 fully saturated rings. The standard InChI is InChI=1S/C19H15F3N6O2/c1-9-8-12(26-25-9)24-17(29)13-10(2)23-16-14(11-6-4-3-5-7-11)15(19(20,21)22)27-28(16)18(13)30/h3-8,27H,1-2H3,(H2,24,25,26,29). The summed E-state index contributed by atoms with van der Waals surface area (Å²) in [6.07, 6.45) is -4.77. The Labute approximate surface area is 166 Å². The monoisotopic (exact) mass is 416 g/mol. The third-order valence-corrected chi connectivity index (χ3v) is 4.48. The van der Waals surface area contributed by atoms with Crippen molar-refractivity contribution < 1.29 is 18.0 Å². The normalized spacial score (nSPS) is 11.8. The van der Waals surface area contributed by atoms with Crippen LogP contribution in [0.15, 0.2) is 41.2 Å². The van der Waals surface area contributed by atoms with Gasteiger partial charge < -0.3 is 5.32 Å². The molecule has 0 radical (unpaired) electrons. The predicted molar refractivity (Wildman–Crippen MR) is 102 cm³/mol. The van der Waals surface area contributed by atoms with Gasteiger partial charge in [0.15, 0.2) is 11.5 Å². The summed E-state index contributed by atoms with van der Waals surface area (Å²) < 4.78 is 41.7. The number of aryl methyl sites for hydroxylation is 2. The van der Waals surface area contributed by atoms with Gasteiger partial charge in [-0.3, -0.25) is 19.8 Å². The number of benzene rings is 1. The number of nitrogens with one attached hydrogen (secondary N) is 3. The largest absolute Gasteiger partial charge is 0.433 e. The molecule has 3 N–H and O–H groups in total. The number of hydrogen-bond acceptors (Lipinski definition) is 4. The van der Waals surface area contributed by atoms with E-state index in [0.29, 0.717) is 10.2 Å². The second kappa shape index (κ2) is 6.87. The van der Waals surface area contributed by atoms with Crippen LogP contribution in [0.5, 0.6) is 0 Å². The van der Waals surface area contributed by atoms with Gasteiger partial charge in [-0.25, -0.2) is 4.98 Å². The Morgan fingerprint density at radius 3 is 2.47 bits per heavy atom. The molecule has 11 heteroatoms. The number of rotatable bonds is 3. The first-order valence-electron chi connectivity index (χ1n) is 8.78. The van der Waals surface area contributed by atoms with Crippen LogP contribution >= 0.6 is 0 Å². The number of H-pyrrole nitrogens is 2. The average Bonchev–Trinajstić information content (AvgIpc) is 3.26. The van der Waals surface area contributed by atoms with Crippen molar-refractivity contribution in [3.8, 4) is 11.1 Å². The fourth-order valence-corrected chi connectivity index (χ4v) is 3.18. The Morgan fingerprint density at radius 2 is 1.87 bits per heavy atom. The molecule has 0 saturated carbocycles. The lowest BCUT2D eigenvalue weighted by molar-refractivity contribution is -0.140. The molecule has 3 heterocycles. The summed E-state index contributed by atoms with van der Waals surface area (Å²) in [5, 5.41) is 11.0. The minimum atomic E-state index is -4.77. The number of carbonyl (C=O) groups is 1. The van der Waals surface area contributed by atoms with Gasteiger partial charge >= 0.3 is 6.18 Å². The van der Waals surface area contributed by atoms with Crippen LogP contribution in [0.25, 0.3) is 16.8 Å². The van der Waals surface area contributed by atoms with Crippen LogP contribution in [0.3, 0.4) is 0 Å². The van der Waals surface area contributed by atoms with Gasteiger partial charge in [-0.1, -0.05) is 30.3 Å². The van der Waals surface area contributed by atoms with E-state index in [0.717, 1.165) is 0 Å². The van der Waals surface area contributed by atoms with Gasteiger partial charge in [-0.2, -0.15) is 22.8 Å². The Morgan fingerprint density at radius 1 is 1.17 bits per heavy atom. The van der Waals surface area contributed by atoms with Crippen LogP contribution in [0.1, 0.15) is 27.4 Å². The molecule has 30 heavy (non-hydrogen) atoms. The molecule has 0 aliphatic rings. The zero-order valence-corrected chi connectivity index (χ0v) is 15.8. The topological polar surface area (TPSA) is 108 Å². The molecule has 1 aromatic carbocycles. The van der Waals surface area contributed by atoms with E-state index in [9.17, 15) is 22.8 Å². The van der Waals surface area contributed by atoms with E-state index >= 15 is 0 Å². The number of anilines is 1. The minimum Gasteiger partial charge on any atom is -0.305 e. The summed E-state index contributed by atoms with van der Waals surface area (Å²) in [5.41, 5.74) is -2.04. The van der Waals surface area contributed by atoms with E-state index in [1.165, 1.54) is 19.1 Å². The number of carbonyl (C=O) groups excluding carboxylic acids is 1. The zero-order chi connectivity index (χ0) is 21.6. The van der Waals surface area contributed by atoms with Gasteiger partial charge in [-0.15, -0.1) is 0 Å². The minimum absolute atomic E-state index is 0.00494. The predicted octanol–water partition coefficient (Wildman–Crippen LogP) is 3.30. The fraction of sp³-hybridized carbons (Fsp3) is 0.158. The molecule has 0 atom stereocenters. The van der Waals surface area contributed by atoms with Crippen LogP contribution in [-0.2, 0) is 6.18 Å². The summed E-state index contributed by atoms with van der Waals surface area (Å²) in [7, 11) is 0. The molecule has 0 aliphatic carbocycles. The van der Waals surface area contributed by atoms with Crippen LogP contribution in [0, 0.1) is 13.8 Å². The first-order valence-corrected chi connectivity index (χ1v) is 8.78. The van der Waals surface area contributed by atoms with Crippen molar-refractivity contribution in [3.63, 3.8) is 0 Å². The highest BCUT2D eigenvalue weighted by molar-refractivity contribution is 6.04. The molecule has 8 nitrogen and oxygen atoms in total. The molecular weight excluding hydrogens is 401 g/mol. The van der Waals surface area contributed by atoms with Crippen molar-refractivity contribution in [1.82, 2.24) is 24.8 Å². The highest BCUT2D eigenvalue weighted by Crippen LogP contribution is 2.38. The molecule has 4 rings (SSSR count). The summed E-state index contributed by atoms with van der Waals surface area (Å²) in [6.45, 7) is 3.11. The number of aromatic nitrogens is 5. The zero-order valence-electron chi connectivity index (χ0n) is 15.8. The number of amides is 1. The summed E-state index contributed by atoms with van der Waals surface area (Å²) in [6, 6.07) is 9.34. The highest BCUT2D eigenvalue weighted by atomic mass is 19.4. The van der Waals surface area contributed by atoms with Gasteiger partial charge in [0.1, 0.15) is 11.3 Å². The third-order valence-electron chi connectivity index (χ3n) is 4.48. The quantitative estimate of drug-likeness (QED) is 0.476. The average molecular weight is 416 g/mol. The van der Waals surface area contributed by atoms with E-state index in [-0.39, 0.29) is 33.8 Å². The molecule has 0 unspecified atom stereocenters. The van der Waals surface area contributed by atoms with Crippen molar-refractivity contribution >= 4 is 17.4 Å². The van der Waals surface area contributed by atoms with Crippen LogP contribution < -0.4 is 10.9 Å². The maximum Gasteiger partial charge on any atom is 0.433 e. The van der Waals surface area contributed by atoms with E-state index in [2.05, 4.69) is 25.6 Å². The van der Waals surface area contributed by atoms with Gasteiger partial charge in [0.05, 0.1) is 11.3 Å². The maximum absolute atomic E-state index is 13.7. The van der Waals surface area contributed by atoms with Crippen LogP contribution in [0.2, 0.25) is 0 Å². The first-order chi connectivity index (χ1) is 14.2. The second-order valence-electron chi connectivity index (χ2n) is 6.65. The van der Waals surface area contributed by atoms with Crippen molar-refractivity contribution in [2.75, 3.05) is 5.32 Å². The number of nitrogens with zero attached hydrogens (tertiary/aromatic N) is 3. The van der Waals surface area contributed by atoms with E-state index in [4.69, 9.17) is 0 Å². The molecule has 1 amide bonds. The summed E-state index contributed by atoms with van der Waals surface area (Å²) in [5.74, 6) is -0.649. The van der Waals surface area contributed by atoms with Crippen molar-refractivity contribution in [3.05, 3.63) is 69.4 Å². The molecule has 0 spiro atoms. The van der Waals surface area contributed by atoms with E-state index < -0.39 is 23.3 Å². The van der Waals surface area contributed by atoms with Crippen LogP contribution in [-0.4, -0.2) is 30.7 Å². The molecule has 154 valence electrons. The lowest BCUT2D eigenvalue weighted by Gasteiger charge is -2.07. The molecule has 0 saturated heterocycles. The van der Waals surface area contributed by atoms with Gasteiger partial charge in [0, 0.05) is 11.8 Å². The first kappa shape index (κ1) is 19.4. The Kier molecular flexibility index (Phi) is 4.45. The molecule has 3 aromatic heterocycles.